The minimum absolute atomic E-state index is 0.0520. The highest BCUT2D eigenvalue weighted by molar-refractivity contribution is 9.10. The molecule has 0 unspecified atom stereocenters. The van der Waals surface area contributed by atoms with E-state index in [2.05, 4.69) is 15.9 Å². The molecule has 7 heteroatoms. The van der Waals surface area contributed by atoms with Gasteiger partial charge in [-0.1, -0.05) is 15.9 Å². The monoisotopic (exact) mass is 361 g/mol. The number of rotatable bonds is 3. The molecule has 2 rings (SSSR count). The van der Waals surface area contributed by atoms with Crippen LogP contribution in [-0.2, 0) is 15.6 Å². The van der Waals surface area contributed by atoms with Gasteiger partial charge in [0.2, 0.25) is 0 Å². The molecule has 0 aliphatic carbocycles. The normalized spacial score (nSPS) is 11.6. The topological polar surface area (TPSA) is 60.2 Å². The van der Waals surface area contributed by atoms with Gasteiger partial charge in [0, 0.05) is 10.0 Å². The Balaban J connectivity index is 2.43. The lowest BCUT2D eigenvalue weighted by molar-refractivity contribution is 0.579. The molecule has 0 aliphatic rings. The summed E-state index contributed by atoms with van der Waals surface area (Å²) < 4.78 is 51.6. The summed E-state index contributed by atoms with van der Waals surface area (Å²) in [6.45, 7) is 0. The number of halogens is 3. The summed E-state index contributed by atoms with van der Waals surface area (Å²) in [5.41, 5.74) is 5.47. The molecule has 0 spiro atoms. The van der Waals surface area contributed by atoms with Crippen LogP contribution in [0.25, 0.3) is 0 Å². The summed E-state index contributed by atoms with van der Waals surface area (Å²) in [4.78, 5) is -0.107. The summed E-state index contributed by atoms with van der Waals surface area (Å²) in [7, 11) is -3.85. The van der Waals surface area contributed by atoms with E-state index in [1.807, 2.05) is 0 Å². The number of hydrogen-bond acceptors (Lipinski definition) is 3. The van der Waals surface area contributed by atoms with E-state index in [0.29, 0.717) is 4.47 Å². The lowest BCUT2D eigenvalue weighted by Crippen LogP contribution is -2.09. The third-order valence-electron chi connectivity index (χ3n) is 2.66. The average molecular weight is 362 g/mol. The van der Waals surface area contributed by atoms with Crippen molar-refractivity contribution in [2.45, 2.75) is 10.6 Å². The number of nitrogens with two attached hydrogens (primary N) is 1. The van der Waals surface area contributed by atoms with Crippen LogP contribution in [0.15, 0.2) is 45.8 Å². The van der Waals surface area contributed by atoms with Gasteiger partial charge >= 0.3 is 0 Å². The van der Waals surface area contributed by atoms with Crippen molar-refractivity contribution in [1.29, 1.82) is 0 Å². The molecule has 0 amide bonds. The van der Waals surface area contributed by atoms with Crippen LogP contribution in [0.4, 0.5) is 14.5 Å². The van der Waals surface area contributed by atoms with Crippen LogP contribution in [-0.4, -0.2) is 8.42 Å². The Kier molecular flexibility index (Phi) is 4.10. The summed E-state index contributed by atoms with van der Waals surface area (Å²) >= 11 is 3.17. The lowest BCUT2D eigenvalue weighted by atomic mass is 10.2. The van der Waals surface area contributed by atoms with Gasteiger partial charge in [0.25, 0.3) is 0 Å². The van der Waals surface area contributed by atoms with Crippen molar-refractivity contribution in [3.05, 3.63) is 58.1 Å². The molecule has 0 atom stereocenters. The van der Waals surface area contributed by atoms with Crippen molar-refractivity contribution >= 4 is 31.5 Å². The van der Waals surface area contributed by atoms with Crippen molar-refractivity contribution in [3.8, 4) is 0 Å². The first-order chi connectivity index (χ1) is 9.29. The van der Waals surface area contributed by atoms with Gasteiger partial charge in [-0.25, -0.2) is 17.2 Å². The van der Waals surface area contributed by atoms with Crippen LogP contribution >= 0.6 is 15.9 Å². The molecule has 0 fully saturated rings. The van der Waals surface area contributed by atoms with Gasteiger partial charge < -0.3 is 5.73 Å². The van der Waals surface area contributed by atoms with E-state index in [-0.39, 0.29) is 16.1 Å². The van der Waals surface area contributed by atoms with Crippen molar-refractivity contribution < 1.29 is 17.2 Å². The Morgan fingerprint density at radius 1 is 1.10 bits per heavy atom. The second-order valence-electron chi connectivity index (χ2n) is 4.18. The van der Waals surface area contributed by atoms with E-state index in [1.165, 1.54) is 18.2 Å². The molecule has 20 heavy (non-hydrogen) atoms. The fourth-order valence-corrected chi connectivity index (χ4v) is 3.60. The highest BCUT2D eigenvalue weighted by Crippen LogP contribution is 2.26. The third kappa shape index (κ3) is 3.16. The molecule has 106 valence electrons. The van der Waals surface area contributed by atoms with E-state index in [4.69, 9.17) is 5.73 Å². The minimum atomic E-state index is -3.85. The number of nitrogen functional groups attached to an aromatic ring is 1. The second kappa shape index (κ2) is 5.49. The smallest absolute Gasteiger partial charge is 0.184 e. The van der Waals surface area contributed by atoms with E-state index >= 15 is 0 Å². The predicted octanol–water partition coefficient (Wildman–Crippen LogP) is 3.28. The van der Waals surface area contributed by atoms with Crippen LogP contribution in [0, 0.1) is 11.6 Å². The zero-order valence-electron chi connectivity index (χ0n) is 10.1. The first kappa shape index (κ1) is 14.9. The molecule has 3 nitrogen and oxygen atoms in total. The Hall–Kier alpha value is -1.47. The summed E-state index contributed by atoms with van der Waals surface area (Å²) in [5, 5.41) is 0. The quantitative estimate of drug-likeness (QED) is 0.853. The van der Waals surface area contributed by atoms with Crippen molar-refractivity contribution in [2.24, 2.45) is 0 Å². The molecule has 2 aromatic rings. The van der Waals surface area contributed by atoms with Gasteiger partial charge in [-0.2, -0.15) is 0 Å². The van der Waals surface area contributed by atoms with Gasteiger partial charge in [0.05, 0.1) is 16.3 Å². The van der Waals surface area contributed by atoms with Gasteiger partial charge in [-0.15, -0.1) is 0 Å². The Morgan fingerprint density at radius 3 is 2.45 bits per heavy atom. The molecule has 0 saturated carbocycles. The molecular formula is C13H10BrF2NO2S. The first-order valence-corrected chi connectivity index (χ1v) is 7.96. The third-order valence-corrected chi connectivity index (χ3v) is 4.89. The van der Waals surface area contributed by atoms with Crippen molar-refractivity contribution in [1.82, 2.24) is 0 Å². The molecule has 0 aliphatic heterocycles. The molecule has 0 aromatic heterocycles. The summed E-state index contributed by atoms with van der Waals surface area (Å²) in [6.07, 6.45) is 0. The van der Waals surface area contributed by atoms with Gasteiger partial charge in [0.1, 0.15) is 11.6 Å². The zero-order valence-corrected chi connectivity index (χ0v) is 12.5. The highest BCUT2D eigenvalue weighted by Gasteiger charge is 2.20. The van der Waals surface area contributed by atoms with Crippen LogP contribution in [0.2, 0.25) is 0 Å². The van der Waals surface area contributed by atoms with Gasteiger partial charge in [0.15, 0.2) is 9.84 Å². The first-order valence-electron chi connectivity index (χ1n) is 5.51. The Bertz CT molecular complexity index is 763. The average Bonchev–Trinajstić information content (AvgIpc) is 2.33. The van der Waals surface area contributed by atoms with Crippen molar-refractivity contribution in [3.63, 3.8) is 0 Å². The number of sulfone groups is 1. The summed E-state index contributed by atoms with van der Waals surface area (Å²) in [5.74, 6) is -2.12. The van der Waals surface area contributed by atoms with Crippen LogP contribution in [0.5, 0.6) is 0 Å². The van der Waals surface area contributed by atoms with E-state index in [1.54, 1.807) is 0 Å². The minimum Gasteiger partial charge on any atom is -0.398 e. The zero-order chi connectivity index (χ0) is 14.9. The second-order valence-corrected chi connectivity index (χ2v) is 7.05. The lowest BCUT2D eigenvalue weighted by Gasteiger charge is -2.09. The van der Waals surface area contributed by atoms with Gasteiger partial charge in [-0.3, -0.25) is 0 Å². The molecule has 0 heterocycles. The molecule has 0 radical (unpaired) electrons. The molecule has 0 bridgehead atoms. The Labute approximate surface area is 123 Å². The Morgan fingerprint density at radius 2 is 1.80 bits per heavy atom. The largest absolute Gasteiger partial charge is 0.398 e. The fourth-order valence-electron chi connectivity index (χ4n) is 1.74. The predicted molar refractivity (Wildman–Crippen MR) is 75.8 cm³/mol. The summed E-state index contributed by atoms with van der Waals surface area (Å²) in [6, 6.07) is 6.97. The van der Waals surface area contributed by atoms with Crippen LogP contribution < -0.4 is 5.73 Å². The standard InChI is InChI=1S/C13H10BrF2NO2S/c14-9-1-4-13(12(17)6-9)20(18,19)7-8-5-10(15)2-3-11(8)16/h1-6H,7,17H2. The maximum absolute atomic E-state index is 13.5. The molecule has 2 N–H and O–H groups in total. The van der Waals surface area contributed by atoms with E-state index < -0.39 is 27.2 Å². The molecular weight excluding hydrogens is 352 g/mol. The van der Waals surface area contributed by atoms with Crippen molar-refractivity contribution in [2.75, 3.05) is 5.73 Å². The maximum Gasteiger partial charge on any atom is 0.184 e. The number of anilines is 1. The van der Waals surface area contributed by atoms with Crippen LogP contribution in [0.3, 0.4) is 0 Å². The fraction of sp³-hybridized carbons (Fsp3) is 0.0769. The van der Waals surface area contributed by atoms with Crippen LogP contribution in [0.1, 0.15) is 5.56 Å². The van der Waals surface area contributed by atoms with E-state index in [9.17, 15) is 17.2 Å². The highest BCUT2D eigenvalue weighted by atomic mass is 79.9. The molecule has 2 aromatic carbocycles. The number of benzene rings is 2. The SMILES string of the molecule is Nc1cc(Br)ccc1S(=O)(=O)Cc1cc(F)ccc1F. The molecule has 0 saturated heterocycles. The maximum atomic E-state index is 13.5. The van der Waals surface area contributed by atoms with E-state index in [0.717, 1.165) is 18.2 Å². The number of hydrogen-bond donors (Lipinski definition) is 1. The van der Waals surface area contributed by atoms with Gasteiger partial charge in [-0.05, 0) is 36.4 Å².